The SMILES string of the molecule is O=C(Nc1cc(F)ccc1O)C1=C2C=CC=C2C=C1. The van der Waals surface area contributed by atoms with Crippen molar-refractivity contribution in [2.24, 2.45) is 0 Å². The molecule has 0 aromatic heterocycles. The lowest BCUT2D eigenvalue weighted by atomic mass is 10.1. The number of rotatable bonds is 2. The predicted molar refractivity (Wildman–Crippen MR) is 70.1 cm³/mol. The first-order valence-corrected chi connectivity index (χ1v) is 5.76. The van der Waals surface area contributed by atoms with Gasteiger partial charge in [0.2, 0.25) is 0 Å². The molecule has 1 aromatic carbocycles. The van der Waals surface area contributed by atoms with Gasteiger partial charge in [0.1, 0.15) is 11.6 Å². The lowest BCUT2D eigenvalue weighted by molar-refractivity contribution is -0.112. The largest absolute Gasteiger partial charge is 0.506 e. The highest BCUT2D eigenvalue weighted by Crippen LogP contribution is 2.31. The van der Waals surface area contributed by atoms with Crippen LogP contribution in [0.4, 0.5) is 10.1 Å². The molecule has 0 radical (unpaired) electrons. The Labute approximate surface area is 109 Å². The third kappa shape index (κ3) is 1.97. The van der Waals surface area contributed by atoms with E-state index >= 15 is 0 Å². The van der Waals surface area contributed by atoms with Gasteiger partial charge < -0.3 is 10.4 Å². The maximum Gasteiger partial charge on any atom is 0.256 e. The molecule has 0 aliphatic heterocycles. The molecule has 0 fully saturated rings. The van der Waals surface area contributed by atoms with E-state index in [0.717, 1.165) is 23.3 Å². The molecular weight excluding hydrogens is 245 g/mol. The highest BCUT2D eigenvalue weighted by molar-refractivity contribution is 6.09. The van der Waals surface area contributed by atoms with Crippen molar-refractivity contribution < 1.29 is 14.3 Å². The number of benzene rings is 1. The number of carbonyl (C=O) groups is 1. The van der Waals surface area contributed by atoms with Gasteiger partial charge in [0, 0.05) is 11.6 Å². The minimum atomic E-state index is -0.519. The Hall–Kier alpha value is -2.62. The van der Waals surface area contributed by atoms with Gasteiger partial charge >= 0.3 is 0 Å². The van der Waals surface area contributed by atoms with Crippen molar-refractivity contribution in [1.29, 1.82) is 0 Å². The van der Waals surface area contributed by atoms with E-state index < -0.39 is 5.82 Å². The average molecular weight is 255 g/mol. The van der Waals surface area contributed by atoms with Crippen molar-refractivity contribution >= 4 is 11.6 Å². The van der Waals surface area contributed by atoms with Gasteiger partial charge in [0.25, 0.3) is 5.91 Å². The highest BCUT2D eigenvalue weighted by atomic mass is 19.1. The monoisotopic (exact) mass is 255 g/mol. The van der Waals surface area contributed by atoms with Crippen LogP contribution in [-0.4, -0.2) is 11.0 Å². The number of carbonyl (C=O) groups excluding carboxylic acids is 1. The second kappa shape index (κ2) is 4.24. The smallest absolute Gasteiger partial charge is 0.256 e. The van der Waals surface area contributed by atoms with Crippen LogP contribution in [0.25, 0.3) is 0 Å². The molecule has 3 rings (SSSR count). The zero-order chi connectivity index (χ0) is 13.4. The number of hydrogen-bond acceptors (Lipinski definition) is 2. The van der Waals surface area contributed by atoms with Gasteiger partial charge in [-0.25, -0.2) is 4.39 Å². The number of aromatic hydroxyl groups is 1. The molecule has 1 aromatic rings. The van der Waals surface area contributed by atoms with Gasteiger partial charge in [-0.3, -0.25) is 4.79 Å². The Bertz CT molecular complexity index is 696. The lowest BCUT2D eigenvalue weighted by Gasteiger charge is -2.08. The summed E-state index contributed by atoms with van der Waals surface area (Å²) in [5.74, 6) is -1.06. The van der Waals surface area contributed by atoms with E-state index in [1.807, 2.05) is 24.3 Å². The minimum absolute atomic E-state index is 0.0610. The number of anilines is 1. The van der Waals surface area contributed by atoms with E-state index in [9.17, 15) is 14.3 Å². The molecule has 2 aliphatic carbocycles. The standard InChI is InChI=1S/C15H10FNO2/c16-10-5-7-14(18)13(8-10)17-15(19)12-6-4-9-2-1-3-11(9)12/h1-8,18H,(H,17,19). The summed E-state index contributed by atoms with van der Waals surface area (Å²) < 4.78 is 13.1. The van der Waals surface area contributed by atoms with Crippen LogP contribution in [0.1, 0.15) is 0 Å². The molecule has 94 valence electrons. The number of hydrogen-bond donors (Lipinski definition) is 2. The van der Waals surface area contributed by atoms with E-state index in [0.29, 0.717) is 5.57 Å². The Balaban J connectivity index is 1.89. The number of phenols is 1. The Morgan fingerprint density at radius 3 is 2.89 bits per heavy atom. The quantitative estimate of drug-likeness (QED) is 0.798. The van der Waals surface area contributed by atoms with Gasteiger partial charge in [-0.2, -0.15) is 0 Å². The summed E-state index contributed by atoms with van der Waals surface area (Å²) in [5.41, 5.74) is 2.39. The Morgan fingerprint density at radius 2 is 2.05 bits per heavy atom. The van der Waals surface area contributed by atoms with Crippen LogP contribution in [0.5, 0.6) is 5.75 Å². The third-order valence-corrected chi connectivity index (χ3v) is 3.02. The summed E-state index contributed by atoms with van der Waals surface area (Å²) in [6.45, 7) is 0. The first kappa shape index (κ1) is 11.5. The Kier molecular flexibility index (Phi) is 2.56. The molecule has 1 amide bonds. The van der Waals surface area contributed by atoms with Crippen LogP contribution < -0.4 is 5.32 Å². The molecule has 0 heterocycles. The van der Waals surface area contributed by atoms with E-state index in [-0.39, 0.29) is 17.3 Å². The fourth-order valence-corrected chi connectivity index (χ4v) is 2.08. The average Bonchev–Trinajstić information content (AvgIpc) is 2.95. The summed E-state index contributed by atoms with van der Waals surface area (Å²) in [6, 6.07) is 3.41. The van der Waals surface area contributed by atoms with Crippen molar-refractivity contribution in [2.45, 2.75) is 0 Å². The molecule has 0 unspecified atom stereocenters. The molecule has 2 aliphatic rings. The molecule has 0 saturated heterocycles. The second-order valence-electron chi connectivity index (χ2n) is 4.26. The first-order valence-electron chi connectivity index (χ1n) is 5.76. The molecule has 0 spiro atoms. The fraction of sp³-hybridized carbons (Fsp3) is 0. The zero-order valence-electron chi connectivity index (χ0n) is 9.85. The van der Waals surface area contributed by atoms with E-state index in [4.69, 9.17) is 0 Å². The molecular formula is C15H10FNO2. The number of allylic oxidation sites excluding steroid dienone is 6. The molecule has 2 N–H and O–H groups in total. The van der Waals surface area contributed by atoms with Crippen LogP contribution >= 0.6 is 0 Å². The van der Waals surface area contributed by atoms with Crippen LogP contribution in [0.15, 0.2) is 65.3 Å². The molecule has 19 heavy (non-hydrogen) atoms. The maximum atomic E-state index is 13.1. The number of fused-ring (bicyclic) bond motifs is 1. The van der Waals surface area contributed by atoms with Crippen molar-refractivity contribution in [3.05, 3.63) is 71.1 Å². The molecule has 0 atom stereocenters. The van der Waals surface area contributed by atoms with Crippen molar-refractivity contribution in [3.63, 3.8) is 0 Å². The van der Waals surface area contributed by atoms with Crippen LogP contribution in [-0.2, 0) is 4.79 Å². The van der Waals surface area contributed by atoms with E-state index in [1.54, 1.807) is 6.08 Å². The van der Waals surface area contributed by atoms with Crippen molar-refractivity contribution in [3.8, 4) is 5.75 Å². The van der Waals surface area contributed by atoms with Crippen LogP contribution in [0, 0.1) is 5.82 Å². The van der Waals surface area contributed by atoms with Gasteiger partial charge in [-0.05, 0) is 29.4 Å². The topological polar surface area (TPSA) is 49.3 Å². The number of halogens is 1. The van der Waals surface area contributed by atoms with Gasteiger partial charge in [0.15, 0.2) is 0 Å². The van der Waals surface area contributed by atoms with Crippen molar-refractivity contribution in [2.75, 3.05) is 5.32 Å². The fourth-order valence-electron chi connectivity index (χ4n) is 2.08. The second-order valence-corrected chi connectivity index (χ2v) is 4.26. The van der Waals surface area contributed by atoms with Crippen LogP contribution in [0.2, 0.25) is 0 Å². The summed E-state index contributed by atoms with van der Waals surface area (Å²) in [6.07, 6.45) is 9.16. The van der Waals surface area contributed by atoms with E-state index in [1.165, 1.54) is 6.07 Å². The molecule has 0 saturated carbocycles. The Morgan fingerprint density at radius 1 is 1.21 bits per heavy atom. The summed E-state index contributed by atoms with van der Waals surface area (Å²) in [7, 11) is 0. The van der Waals surface area contributed by atoms with Crippen LogP contribution in [0.3, 0.4) is 0 Å². The van der Waals surface area contributed by atoms with Gasteiger partial charge in [0.05, 0.1) is 5.69 Å². The lowest BCUT2D eigenvalue weighted by Crippen LogP contribution is -2.14. The number of amides is 1. The minimum Gasteiger partial charge on any atom is -0.506 e. The van der Waals surface area contributed by atoms with Gasteiger partial charge in [-0.15, -0.1) is 0 Å². The maximum absolute atomic E-state index is 13.1. The summed E-state index contributed by atoms with van der Waals surface area (Å²) >= 11 is 0. The molecule has 3 nitrogen and oxygen atoms in total. The van der Waals surface area contributed by atoms with Gasteiger partial charge in [-0.1, -0.05) is 24.3 Å². The van der Waals surface area contributed by atoms with Crippen molar-refractivity contribution in [1.82, 2.24) is 0 Å². The first-order chi connectivity index (χ1) is 9.15. The van der Waals surface area contributed by atoms with E-state index in [2.05, 4.69) is 5.32 Å². The third-order valence-electron chi connectivity index (χ3n) is 3.02. The number of phenolic OH excluding ortho intramolecular Hbond substituents is 1. The highest BCUT2D eigenvalue weighted by Gasteiger charge is 2.20. The predicted octanol–water partition coefficient (Wildman–Crippen LogP) is 2.83. The summed E-state index contributed by atoms with van der Waals surface area (Å²) in [5, 5.41) is 12.1. The molecule has 4 heteroatoms. The zero-order valence-corrected chi connectivity index (χ0v) is 9.85. The summed E-state index contributed by atoms with van der Waals surface area (Å²) in [4.78, 5) is 12.1. The normalized spacial score (nSPS) is 15.7. The number of nitrogens with one attached hydrogen (secondary N) is 1. The molecule has 0 bridgehead atoms.